The summed E-state index contributed by atoms with van der Waals surface area (Å²) in [5.41, 5.74) is 1.27. The first-order chi connectivity index (χ1) is 10.7. The minimum absolute atomic E-state index is 0.0187. The number of aromatic nitrogens is 1. The smallest absolute Gasteiger partial charge is 0.268 e. The second kappa shape index (κ2) is 6.35. The lowest BCUT2D eigenvalue weighted by Gasteiger charge is -2.14. The zero-order chi connectivity index (χ0) is 17.2. The molecule has 0 spiro atoms. The molecule has 23 heavy (non-hydrogen) atoms. The van der Waals surface area contributed by atoms with Crippen molar-refractivity contribution in [2.75, 3.05) is 0 Å². The molecular weight excluding hydrogens is 318 g/mol. The van der Waals surface area contributed by atoms with Crippen LogP contribution in [0.2, 0.25) is 0 Å². The van der Waals surface area contributed by atoms with E-state index in [2.05, 4.69) is 10.3 Å². The Hall–Kier alpha value is -2.45. The lowest BCUT2D eigenvalue weighted by Crippen LogP contribution is -2.27. The van der Waals surface area contributed by atoms with Crippen LogP contribution in [-0.4, -0.2) is 25.1 Å². The maximum absolute atomic E-state index is 12.1. The van der Waals surface area contributed by atoms with Crippen LogP contribution in [0.3, 0.4) is 0 Å². The second-order valence-electron chi connectivity index (χ2n) is 5.17. The second-order valence-corrected chi connectivity index (χ2v) is 6.73. The van der Waals surface area contributed by atoms with Crippen molar-refractivity contribution in [2.45, 2.75) is 24.8 Å². The minimum Gasteiger partial charge on any atom is -0.356 e. The molecule has 1 heterocycles. The molecule has 0 aliphatic carbocycles. The lowest BCUT2D eigenvalue weighted by molar-refractivity contribution is 0.0935. The Morgan fingerprint density at radius 3 is 2.52 bits per heavy atom. The van der Waals surface area contributed by atoms with E-state index in [1.54, 1.807) is 19.1 Å². The molecule has 8 heteroatoms. The van der Waals surface area contributed by atoms with Crippen molar-refractivity contribution in [3.8, 4) is 0 Å². The average molecular weight is 335 g/mol. The number of Topliss-reactive ketones (excluding diaryl/α,β-unsaturated/α-hetero) is 1. The molecule has 2 aromatic rings. The summed E-state index contributed by atoms with van der Waals surface area (Å²) >= 11 is 0. The number of sulfonamides is 1. The van der Waals surface area contributed by atoms with Gasteiger partial charge in [-0.25, -0.2) is 13.6 Å². The molecule has 1 aromatic heterocycles. The van der Waals surface area contributed by atoms with Gasteiger partial charge in [0.1, 0.15) is 5.69 Å². The Bertz CT molecular complexity index is 855. The number of benzene rings is 1. The monoisotopic (exact) mass is 335 g/mol. The van der Waals surface area contributed by atoms with Crippen molar-refractivity contribution in [1.82, 2.24) is 10.3 Å². The van der Waals surface area contributed by atoms with Crippen LogP contribution >= 0.6 is 0 Å². The van der Waals surface area contributed by atoms with Gasteiger partial charge in [0.25, 0.3) is 5.91 Å². The molecule has 0 aliphatic heterocycles. The molecule has 0 unspecified atom stereocenters. The first kappa shape index (κ1) is 16.9. The molecule has 1 atom stereocenters. The number of nitrogens with two attached hydrogens (primary N) is 1. The zero-order valence-electron chi connectivity index (χ0n) is 12.7. The predicted molar refractivity (Wildman–Crippen MR) is 84.5 cm³/mol. The number of ketones is 1. The highest BCUT2D eigenvalue weighted by molar-refractivity contribution is 7.89. The van der Waals surface area contributed by atoms with Gasteiger partial charge in [-0.3, -0.25) is 9.59 Å². The summed E-state index contributed by atoms with van der Waals surface area (Å²) in [6, 6.07) is 7.07. The Balaban J connectivity index is 2.16. The number of H-pyrrole nitrogens is 1. The fourth-order valence-electron chi connectivity index (χ4n) is 2.05. The molecule has 7 nitrogen and oxygen atoms in total. The molecule has 0 fully saturated rings. The Morgan fingerprint density at radius 2 is 1.96 bits per heavy atom. The number of hydrogen-bond acceptors (Lipinski definition) is 4. The van der Waals surface area contributed by atoms with Gasteiger partial charge >= 0.3 is 0 Å². The van der Waals surface area contributed by atoms with Crippen LogP contribution in [0.25, 0.3) is 0 Å². The van der Waals surface area contributed by atoms with Gasteiger partial charge in [0.2, 0.25) is 10.0 Å². The Labute approximate surface area is 133 Å². The average Bonchev–Trinajstić information content (AvgIpc) is 2.96. The van der Waals surface area contributed by atoms with E-state index in [9.17, 15) is 18.0 Å². The summed E-state index contributed by atoms with van der Waals surface area (Å²) < 4.78 is 22.7. The van der Waals surface area contributed by atoms with E-state index in [1.165, 1.54) is 31.3 Å². The normalized spacial score (nSPS) is 12.7. The van der Waals surface area contributed by atoms with Crippen LogP contribution in [0.15, 0.2) is 41.4 Å². The van der Waals surface area contributed by atoms with Gasteiger partial charge in [-0.2, -0.15) is 0 Å². The van der Waals surface area contributed by atoms with Gasteiger partial charge < -0.3 is 10.3 Å². The number of carbonyl (C=O) groups excluding carboxylic acids is 2. The quantitative estimate of drug-likeness (QED) is 0.714. The first-order valence-corrected chi connectivity index (χ1v) is 8.36. The van der Waals surface area contributed by atoms with Crippen LogP contribution < -0.4 is 10.5 Å². The van der Waals surface area contributed by atoms with Gasteiger partial charge in [-0.1, -0.05) is 12.1 Å². The molecule has 122 valence electrons. The predicted octanol–water partition coefficient (Wildman–Crippen LogP) is 1.36. The van der Waals surface area contributed by atoms with E-state index in [1.807, 2.05) is 0 Å². The highest BCUT2D eigenvalue weighted by atomic mass is 32.2. The van der Waals surface area contributed by atoms with Gasteiger partial charge in [0, 0.05) is 11.8 Å². The molecule has 4 N–H and O–H groups in total. The first-order valence-electron chi connectivity index (χ1n) is 6.81. The van der Waals surface area contributed by atoms with Crippen LogP contribution in [0.4, 0.5) is 0 Å². The maximum atomic E-state index is 12.1. The van der Waals surface area contributed by atoms with E-state index in [0.29, 0.717) is 11.1 Å². The molecule has 0 aliphatic rings. The number of hydrogen-bond donors (Lipinski definition) is 3. The summed E-state index contributed by atoms with van der Waals surface area (Å²) in [4.78, 5) is 26.1. The fourth-order valence-corrected chi connectivity index (χ4v) is 2.62. The van der Waals surface area contributed by atoms with E-state index >= 15 is 0 Å². The van der Waals surface area contributed by atoms with Crippen LogP contribution in [-0.2, 0) is 10.0 Å². The van der Waals surface area contributed by atoms with Gasteiger partial charge in [-0.05, 0) is 37.6 Å². The van der Waals surface area contributed by atoms with Crippen molar-refractivity contribution < 1.29 is 18.0 Å². The maximum Gasteiger partial charge on any atom is 0.268 e. The van der Waals surface area contributed by atoms with E-state index in [-0.39, 0.29) is 16.4 Å². The SMILES string of the molecule is CC(=O)c1c[nH]c(C(=O)N[C@@H](C)c2cccc(S(N)(=O)=O)c2)c1. The largest absolute Gasteiger partial charge is 0.356 e. The molecule has 0 bridgehead atoms. The van der Waals surface area contributed by atoms with Crippen LogP contribution in [0.5, 0.6) is 0 Å². The number of primary sulfonamides is 1. The van der Waals surface area contributed by atoms with Crippen molar-refractivity contribution in [1.29, 1.82) is 0 Å². The number of carbonyl (C=O) groups is 2. The van der Waals surface area contributed by atoms with Crippen LogP contribution in [0.1, 0.15) is 46.3 Å². The summed E-state index contributed by atoms with van der Waals surface area (Å²) in [5, 5.41) is 7.82. The summed E-state index contributed by atoms with van der Waals surface area (Å²) in [7, 11) is -3.80. The highest BCUT2D eigenvalue weighted by Gasteiger charge is 2.16. The van der Waals surface area contributed by atoms with Crippen molar-refractivity contribution >= 4 is 21.7 Å². The van der Waals surface area contributed by atoms with Crippen molar-refractivity contribution in [3.63, 3.8) is 0 Å². The lowest BCUT2D eigenvalue weighted by atomic mass is 10.1. The van der Waals surface area contributed by atoms with E-state index in [4.69, 9.17) is 5.14 Å². The molecular formula is C15H17N3O4S. The summed E-state index contributed by atoms with van der Waals surface area (Å²) in [6.07, 6.45) is 1.46. The van der Waals surface area contributed by atoms with Gasteiger partial charge in [0.05, 0.1) is 10.9 Å². The Morgan fingerprint density at radius 1 is 1.26 bits per heavy atom. The van der Waals surface area contributed by atoms with E-state index < -0.39 is 22.0 Å². The molecule has 1 aromatic carbocycles. The Kier molecular flexibility index (Phi) is 4.67. The standard InChI is InChI=1S/C15H17N3O4S/c1-9(11-4-3-5-13(6-11)23(16,21)22)18-15(20)14-7-12(8-17-14)10(2)19/h3-9,17H,1-2H3,(H,18,20)(H2,16,21,22)/t9-/m0/s1. The molecule has 0 saturated heterocycles. The zero-order valence-corrected chi connectivity index (χ0v) is 13.5. The van der Waals surface area contributed by atoms with Gasteiger partial charge in [-0.15, -0.1) is 0 Å². The van der Waals surface area contributed by atoms with Crippen LogP contribution in [0, 0.1) is 0 Å². The van der Waals surface area contributed by atoms with Gasteiger partial charge in [0.15, 0.2) is 5.78 Å². The number of nitrogens with one attached hydrogen (secondary N) is 2. The third-order valence-electron chi connectivity index (χ3n) is 3.37. The number of amides is 1. The third kappa shape index (κ3) is 4.05. The number of aromatic amines is 1. The molecule has 2 rings (SSSR count). The van der Waals surface area contributed by atoms with Crippen molar-refractivity contribution in [3.05, 3.63) is 53.3 Å². The molecule has 1 amide bonds. The highest BCUT2D eigenvalue weighted by Crippen LogP contribution is 2.17. The fraction of sp³-hybridized carbons (Fsp3) is 0.200. The van der Waals surface area contributed by atoms with Crippen molar-refractivity contribution in [2.24, 2.45) is 5.14 Å². The van der Waals surface area contributed by atoms with E-state index in [0.717, 1.165) is 0 Å². The topological polar surface area (TPSA) is 122 Å². The minimum atomic E-state index is -3.80. The number of rotatable bonds is 5. The molecule has 0 saturated carbocycles. The summed E-state index contributed by atoms with van der Waals surface area (Å²) in [6.45, 7) is 3.13. The summed E-state index contributed by atoms with van der Waals surface area (Å²) in [5.74, 6) is -0.541. The molecule has 0 radical (unpaired) electrons. The third-order valence-corrected chi connectivity index (χ3v) is 4.28.